The van der Waals surface area contributed by atoms with Gasteiger partial charge in [-0.2, -0.15) is 0 Å². The minimum absolute atomic E-state index is 0.331. The van der Waals surface area contributed by atoms with Gasteiger partial charge in [0.05, 0.1) is 12.7 Å². The topological polar surface area (TPSA) is 46.6 Å². The predicted octanol–water partition coefficient (Wildman–Crippen LogP) is 0.959. The molecule has 0 aromatic heterocycles. The molecular weight excluding hydrogens is 165 g/mol. The Morgan fingerprint density at radius 1 is 1.67 bits per heavy atom. The molecule has 70 valence electrons. The zero-order chi connectivity index (χ0) is 9.56. The van der Waals surface area contributed by atoms with Gasteiger partial charge in [-0.1, -0.05) is 0 Å². The molecule has 0 radical (unpaired) electrons. The van der Waals surface area contributed by atoms with E-state index in [-0.39, 0.29) is 0 Å². The summed E-state index contributed by atoms with van der Waals surface area (Å²) >= 11 is 0. The van der Waals surface area contributed by atoms with Gasteiger partial charge in [-0.05, 0) is 13.8 Å². The molecule has 1 saturated heterocycles. The molecule has 1 aliphatic rings. The molecular formula is C7H12FNO3. The van der Waals surface area contributed by atoms with Crippen molar-refractivity contribution in [2.24, 2.45) is 0 Å². The molecule has 0 saturated carbocycles. The van der Waals surface area contributed by atoms with E-state index in [1.54, 1.807) is 0 Å². The van der Waals surface area contributed by atoms with Crippen molar-refractivity contribution in [1.82, 2.24) is 4.90 Å². The van der Waals surface area contributed by atoms with Crippen LogP contribution >= 0.6 is 0 Å². The largest absolute Gasteiger partial charge is 0.447 e. The normalized spacial score (nSPS) is 15.3. The fraction of sp³-hybridized carbons (Fsp3) is 0.714. The first-order chi connectivity index (χ1) is 5.57. The summed E-state index contributed by atoms with van der Waals surface area (Å²) in [6.07, 6.45) is -0.741. The maximum atomic E-state index is 11.0. The number of ether oxygens (including phenoxy) is 1. The van der Waals surface area contributed by atoms with Crippen LogP contribution < -0.4 is 0 Å². The number of nitrogens with zero attached hydrogens (tertiary/aromatic N) is 1. The van der Waals surface area contributed by atoms with E-state index in [4.69, 9.17) is 0 Å². The van der Waals surface area contributed by atoms with Crippen LogP contribution in [0.3, 0.4) is 0 Å². The van der Waals surface area contributed by atoms with Crippen molar-refractivity contribution in [1.29, 1.82) is 0 Å². The van der Waals surface area contributed by atoms with E-state index in [9.17, 15) is 14.0 Å². The number of carbonyl (C=O) groups excluding carboxylic acids is 2. The van der Waals surface area contributed by atoms with E-state index >= 15 is 0 Å². The van der Waals surface area contributed by atoms with Crippen molar-refractivity contribution < 1.29 is 18.7 Å². The Morgan fingerprint density at radius 2 is 2.17 bits per heavy atom. The summed E-state index contributed by atoms with van der Waals surface area (Å²) in [7, 11) is 0. The van der Waals surface area contributed by atoms with Crippen LogP contribution in [0.25, 0.3) is 0 Å². The number of cyclic esters (lactones) is 1. The van der Waals surface area contributed by atoms with Gasteiger partial charge in [0.15, 0.2) is 0 Å². The van der Waals surface area contributed by atoms with Gasteiger partial charge in [0, 0.05) is 0 Å². The minimum Gasteiger partial charge on any atom is -0.447 e. The Bertz CT molecular complexity index is 158. The summed E-state index contributed by atoms with van der Waals surface area (Å²) < 4.78 is 15.4. The summed E-state index contributed by atoms with van der Waals surface area (Å²) in [5.41, 5.74) is 0. The van der Waals surface area contributed by atoms with E-state index in [2.05, 4.69) is 4.74 Å². The number of hydrogen-bond acceptors (Lipinski definition) is 3. The van der Waals surface area contributed by atoms with Gasteiger partial charge in [0.1, 0.15) is 6.61 Å². The lowest BCUT2D eigenvalue weighted by atomic mass is 10.5. The number of carbonyl (C=O) groups is 2. The number of alkyl halides is 1. The minimum atomic E-state index is -0.667. The molecule has 0 aliphatic carbocycles. The van der Waals surface area contributed by atoms with E-state index in [0.717, 1.165) is 4.90 Å². The second-order valence-electron chi connectivity index (χ2n) is 2.43. The molecule has 0 unspecified atom stereocenters. The van der Waals surface area contributed by atoms with Gasteiger partial charge in [-0.3, -0.25) is 4.79 Å². The molecule has 1 fully saturated rings. The zero-order valence-corrected chi connectivity index (χ0v) is 7.12. The summed E-state index contributed by atoms with van der Waals surface area (Å²) in [4.78, 5) is 21.1. The number of hydrogen-bond donors (Lipinski definition) is 0. The first-order valence-electron chi connectivity index (χ1n) is 3.60. The van der Waals surface area contributed by atoms with Crippen LogP contribution in [0, 0.1) is 0 Å². The quantitative estimate of drug-likeness (QED) is 0.560. The van der Waals surface area contributed by atoms with Crippen LogP contribution in [0.2, 0.25) is 0 Å². The van der Waals surface area contributed by atoms with Gasteiger partial charge in [-0.25, -0.2) is 14.1 Å². The van der Waals surface area contributed by atoms with Crippen LogP contribution in [0.4, 0.5) is 9.18 Å². The van der Waals surface area contributed by atoms with Crippen LogP contribution in [0.5, 0.6) is 0 Å². The lowest BCUT2D eigenvalue weighted by Crippen LogP contribution is -2.21. The number of rotatable bonds is 1. The fourth-order valence-electron chi connectivity index (χ4n) is 0.501. The lowest BCUT2D eigenvalue weighted by molar-refractivity contribution is -0.115. The van der Waals surface area contributed by atoms with E-state index in [1.165, 1.54) is 13.8 Å². The molecule has 2 amide bonds. The Labute approximate surface area is 70.3 Å². The Balaban J connectivity index is 0.000000261. The summed E-state index contributed by atoms with van der Waals surface area (Å²) in [6.45, 7) is 3.72. The molecule has 5 heteroatoms. The smallest absolute Gasteiger partial charge is 0.416 e. The third kappa shape index (κ3) is 4.65. The highest BCUT2D eigenvalue weighted by atomic mass is 19.1. The molecule has 0 spiro atoms. The first-order valence-corrected chi connectivity index (χ1v) is 3.60. The summed E-state index contributed by atoms with van der Waals surface area (Å²) in [5.74, 6) is 0. The maximum absolute atomic E-state index is 11.0. The van der Waals surface area contributed by atoms with Gasteiger partial charge in [0.25, 0.3) is 0 Å². The third-order valence-electron chi connectivity index (χ3n) is 0.919. The van der Waals surface area contributed by atoms with Gasteiger partial charge >= 0.3 is 6.09 Å². The maximum Gasteiger partial charge on any atom is 0.416 e. The van der Waals surface area contributed by atoms with Gasteiger partial charge in [-0.15, -0.1) is 0 Å². The molecule has 0 aromatic rings. The molecule has 12 heavy (non-hydrogen) atoms. The SMILES string of the molecule is CC(C)F.O=CN1CCOC1=O. The standard InChI is InChI=1S/C4H5NO3.C3H7F/c6-3-5-1-2-8-4(5)7;1-3(2)4/h3H,1-2H2;3H,1-2H3. The van der Waals surface area contributed by atoms with Crippen LogP contribution in [0.15, 0.2) is 0 Å². The zero-order valence-electron chi connectivity index (χ0n) is 7.12. The molecule has 0 aromatic carbocycles. The highest BCUT2D eigenvalue weighted by Crippen LogP contribution is 1.97. The van der Waals surface area contributed by atoms with Crippen LogP contribution in [0.1, 0.15) is 13.8 Å². The third-order valence-corrected chi connectivity index (χ3v) is 0.919. The molecule has 0 atom stereocenters. The lowest BCUT2D eigenvalue weighted by Gasteiger charge is -1.97. The van der Waals surface area contributed by atoms with Crippen molar-refractivity contribution >= 4 is 12.5 Å². The highest BCUT2D eigenvalue weighted by Gasteiger charge is 2.19. The van der Waals surface area contributed by atoms with Crippen molar-refractivity contribution in [3.05, 3.63) is 0 Å². The number of amides is 2. The van der Waals surface area contributed by atoms with E-state index in [0.29, 0.717) is 19.6 Å². The van der Waals surface area contributed by atoms with Crippen molar-refractivity contribution in [3.8, 4) is 0 Å². The van der Waals surface area contributed by atoms with Crippen LogP contribution in [-0.4, -0.2) is 36.7 Å². The highest BCUT2D eigenvalue weighted by molar-refractivity contribution is 5.81. The average molecular weight is 177 g/mol. The molecule has 1 rings (SSSR count). The molecule has 0 bridgehead atoms. The summed E-state index contributed by atoms with van der Waals surface area (Å²) in [6, 6.07) is 0. The molecule has 0 N–H and O–H groups in total. The van der Waals surface area contributed by atoms with Gasteiger partial charge in [0.2, 0.25) is 6.41 Å². The summed E-state index contributed by atoms with van der Waals surface area (Å²) in [5, 5.41) is 0. The Hall–Kier alpha value is -1.13. The van der Waals surface area contributed by atoms with E-state index in [1.807, 2.05) is 0 Å². The molecule has 4 nitrogen and oxygen atoms in total. The number of halogens is 1. The Morgan fingerprint density at radius 3 is 2.33 bits per heavy atom. The van der Waals surface area contributed by atoms with Crippen molar-refractivity contribution in [3.63, 3.8) is 0 Å². The molecule has 1 aliphatic heterocycles. The Kier molecular flexibility index (Phi) is 4.99. The van der Waals surface area contributed by atoms with Crippen molar-refractivity contribution in [2.75, 3.05) is 13.2 Å². The second-order valence-corrected chi connectivity index (χ2v) is 2.43. The average Bonchev–Trinajstić information content (AvgIpc) is 2.33. The second kappa shape index (κ2) is 5.51. The van der Waals surface area contributed by atoms with E-state index < -0.39 is 12.3 Å². The fourth-order valence-corrected chi connectivity index (χ4v) is 0.501. The van der Waals surface area contributed by atoms with Crippen molar-refractivity contribution in [2.45, 2.75) is 20.0 Å². The van der Waals surface area contributed by atoms with Gasteiger partial charge < -0.3 is 4.74 Å². The first kappa shape index (κ1) is 10.9. The monoisotopic (exact) mass is 177 g/mol. The predicted molar refractivity (Wildman–Crippen MR) is 40.4 cm³/mol. The molecule has 1 heterocycles. The number of imide groups is 1. The van der Waals surface area contributed by atoms with Crippen LogP contribution in [-0.2, 0) is 9.53 Å².